The second kappa shape index (κ2) is 9.11. The zero-order valence-corrected chi connectivity index (χ0v) is 15.8. The van der Waals surface area contributed by atoms with Crippen LogP contribution >= 0.6 is 0 Å². The Balaban J connectivity index is 0.000000321. The van der Waals surface area contributed by atoms with Crippen LogP contribution in [0.3, 0.4) is 0 Å². The van der Waals surface area contributed by atoms with Crippen molar-refractivity contribution in [3.05, 3.63) is 0 Å². The highest BCUT2D eigenvalue weighted by Gasteiger charge is 2.27. The highest BCUT2D eigenvalue weighted by molar-refractivity contribution is 4.78. The maximum absolute atomic E-state index is 2.36. The fourth-order valence-electron chi connectivity index (χ4n) is 3.58. The molecule has 122 valence electrons. The lowest BCUT2D eigenvalue weighted by atomic mass is 9.80. The van der Waals surface area contributed by atoms with E-state index in [4.69, 9.17) is 0 Å². The molecule has 2 aliphatic rings. The Hall–Kier alpha value is 0. The van der Waals surface area contributed by atoms with Crippen molar-refractivity contribution in [2.24, 2.45) is 22.7 Å². The van der Waals surface area contributed by atoms with Crippen molar-refractivity contribution < 1.29 is 0 Å². The maximum atomic E-state index is 2.36. The second-order valence-corrected chi connectivity index (χ2v) is 8.69. The second-order valence-electron chi connectivity index (χ2n) is 8.69. The molecule has 0 aromatic carbocycles. The van der Waals surface area contributed by atoms with E-state index in [1.54, 1.807) is 0 Å². The molecule has 0 saturated heterocycles. The molecule has 0 heterocycles. The molecule has 0 nitrogen and oxygen atoms in total. The molecule has 2 aliphatic carbocycles. The number of rotatable bonds is 0. The minimum atomic E-state index is 0.580. The molecule has 0 N–H and O–H groups in total. The lowest BCUT2D eigenvalue weighted by molar-refractivity contribution is 0.246. The van der Waals surface area contributed by atoms with E-state index >= 15 is 0 Å². The van der Waals surface area contributed by atoms with Gasteiger partial charge in [-0.05, 0) is 48.3 Å². The molecule has 0 radical (unpaired) electrons. The van der Waals surface area contributed by atoms with Crippen LogP contribution in [-0.2, 0) is 0 Å². The Morgan fingerprint density at radius 3 is 0.800 bits per heavy atom. The van der Waals surface area contributed by atoms with E-state index in [0.29, 0.717) is 10.8 Å². The van der Waals surface area contributed by atoms with Crippen LogP contribution in [0.4, 0.5) is 0 Å². The third-order valence-electron chi connectivity index (χ3n) is 5.16. The molecule has 0 atom stereocenters. The largest absolute Gasteiger partial charge is 0.0683 e. The molecule has 0 aromatic heterocycles. The summed E-state index contributed by atoms with van der Waals surface area (Å²) < 4.78 is 0. The third-order valence-corrected chi connectivity index (χ3v) is 5.16. The molecule has 0 aliphatic heterocycles. The minimum absolute atomic E-state index is 0.580. The molecule has 20 heavy (non-hydrogen) atoms. The molecule has 0 heteroatoms. The summed E-state index contributed by atoms with van der Waals surface area (Å²) in [7, 11) is 0. The predicted molar refractivity (Wildman–Crippen MR) is 94.2 cm³/mol. The van der Waals surface area contributed by atoms with Gasteiger partial charge in [0.05, 0.1) is 0 Å². The maximum Gasteiger partial charge on any atom is -0.0354 e. The summed E-state index contributed by atoms with van der Waals surface area (Å²) in [5.41, 5.74) is 1.16. The van der Waals surface area contributed by atoms with Gasteiger partial charge >= 0.3 is 0 Å². The monoisotopic (exact) mass is 282 g/mol. The molecule has 0 bridgehead atoms. The van der Waals surface area contributed by atoms with Crippen molar-refractivity contribution in [1.82, 2.24) is 0 Å². The fourth-order valence-corrected chi connectivity index (χ4v) is 3.58. The molecule has 0 amide bonds. The summed E-state index contributed by atoms with van der Waals surface area (Å²) >= 11 is 0. The summed E-state index contributed by atoms with van der Waals surface area (Å²) in [4.78, 5) is 0. The average Bonchev–Trinajstić information content (AvgIpc) is 3.04. The van der Waals surface area contributed by atoms with Crippen LogP contribution in [0, 0.1) is 22.7 Å². The SMILES string of the molecule is CC.CC(C)(C)C1CCCC1.CC(C)(C)C1CCCC1. The first-order valence-corrected chi connectivity index (χ1v) is 9.21. The van der Waals surface area contributed by atoms with Crippen molar-refractivity contribution in [3.63, 3.8) is 0 Å². The van der Waals surface area contributed by atoms with E-state index in [9.17, 15) is 0 Å². The summed E-state index contributed by atoms with van der Waals surface area (Å²) in [5, 5.41) is 0. The van der Waals surface area contributed by atoms with Crippen molar-refractivity contribution in [3.8, 4) is 0 Å². The fraction of sp³-hybridized carbons (Fsp3) is 1.00. The Labute approximate surface area is 130 Å². The van der Waals surface area contributed by atoms with E-state index < -0.39 is 0 Å². The van der Waals surface area contributed by atoms with Gasteiger partial charge in [-0.25, -0.2) is 0 Å². The lowest BCUT2D eigenvalue weighted by Gasteiger charge is -2.26. The Morgan fingerprint density at radius 1 is 0.500 bits per heavy atom. The van der Waals surface area contributed by atoms with Crippen LogP contribution in [-0.4, -0.2) is 0 Å². The smallest absolute Gasteiger partial charge is 0.0354 e. The van der Waals surface area contributed by atoms with Crippen LogP contribution < -0.4 is 0 Å². The van der Waals surface area contributed by atoms with Crippen LogP contribution in [0.2, 0.25) is 0 Å². The molecule has 2 rings (SSSR count). The number of hydrogen-bond donors (Lipinski definition) is 0. The molecule has 2 saturated carbocycles. The highest BCUT2D eigenvalue weighted by atomic mass is 14.3. The first kappa shape index (κ1) is 20.0. The van der Waals surface area contributed by atoms with E-state index in [0.717, 1.165) is 11.8 Å². The van der Waals surface area contributed by atoms with E-state index in [1.807, 2.05) is 13.8 Å². The Kier molecular flexibility index (Phi) is 9.11. The molecule has 0 unspecified atom stereocenters. The van der Waals surface area contributed by atoms with Crippen molar-refractivity contribution in [2.75, 3.05) is 0 Å². The molecular formula is C20H42. The van der Waals surface area contributed by atoms with Gasteiger partial charge in [0.1, 0.15) is 0 Å². The lowest BCUT2D eigenvalue weighted by Crippen LogP contribution is -2.16. The molecule has 0 spiro atoms. The van der Waals surface area contributed by atoms with E-state index in [1.165, 1.54) is 51.4 Å². The van der Waals surface area contributed by atoms with Gasteiger partial charge in [0, 0.05) is 0 Å². The minimum Gasteiger partial charge on any atom is -0.0683 e. The van der Waals surface area contributed by atoms with Gasteiger partial charge < -0.3 is 0 Å². The van der Waals surface area contributed by atoms with Crippen LogP contribution in [0.5, 0.6) is 0 Å². The first-order valence-electron chi connectivity index (χ1n) is 9.21. The standard InChI is InChI=1S/2C9H18.C2H6/c2*1-9(2,3)8-6-4-5-7-8;1-2/h2*8H,4-7H2,1-3H3;1-2H3. The summed E-state index contributed by atoms with van der Waals surface area (Å²) in [6, 6.07) is 0. The quantitative estimate of drug-likeness (QED) is 0.432. The van der Waals surface area contributed by atoms with E-state index in [-0.39, 0.29) is 0 Å². The zero-order valence-electron chi connectivity index (χ0n) is 15.8. The molecule has 0 aromatic rings. The Bertz CT molecular complexity index is 187. The van der Waals surface area contributed by atoms with Gasteiger partial charge in [-0.1, -0.05) is 81.1 Å². The first-order chi connectivity index (χ1) is 9.21. The summed E-state index contributed by atoms with van der Waals surface area (Å²) in [6.07, 6.45) is 11.8. The number of hydrogen-bond acceptors (Lipinski definition) is 0. The van der Waals surface area contributed by atoms with Gasteiger partial charge in [-0.15, -0.1) is 0 Å². The summed E-state index contributed by atoms with van der Waals surface area (Å²) in [6.45, 7) is 18.2. The summed E-state index contributed by atoms with van der Waals surface area (Å²) in [5.74, 6) is 2.02. The van der Waals surface area contributed by atoms with Crippen LogP contribution in [0.1, 0.15) is 107 Å². The van der Waals surface area contributed by atoms with Gasteiger partial charge in [0.2, 0.25) is 0 Å². The predicted octanol–water partition coefficient (Wildman–Crippen LogP) is 7.47. The van der Waals surface area contributed by atoms with Gasteiger partial charge in [-0.2, -0.15) is 0 Å². The van der Waals surface area contributed by atoms with Gasteiger partial charge in [0.15, 0.2) is 0 Å². The van der Waals surface area contributed by atoms with Crippen molar-refractivity contribution >= 4 is 0 Å². The highest BCUT2D eigenvalue weighted by Crippen LogP contribution is 2.39. The van der Waals surface area contributed by atoms with Crippen molar-refractivity contribution in [1.29, 1.82) is 0 Å². The average molecular weight is 283 g/mol. The molecular weight excluding hydrogens is 240 g/mol. The van der Waals surface area contributed by atoms with E-state index in [2.05, 4.69) is 41.5 Å². The van der Waals surface area contributed by atoms with Crippen LogP contribution in [0.15, 0.2) is 0 Å². The topological polar surface area (TPSA) is 0 Å². The third kappa shape index (κ3) is 7.70. The van der Waals surface area contributed by atoms with Crippen LogP contribution in [0.25, 0.3) is 0 Å². The Morgan fingerprint density at radius 2 is 0.700 bits per heavy atom. The van der Waals surface area contributed by atoms with Gasteiger partial charge in [0.25, 0.3) is 0 Å². The normalized spacial score (nSPS) is 21.0. The van der Waals surface area contributed by atoms with Gasteiger partial charge in [-0.3, -0.25) is 0 Å². The zero-order chi connectivity index (χ0) is 15.8. The van der Waals surface area contributed by atoms with Crippen molar-refractivity contribution in [2.45, 2.75) is 107 Å². The molecule has 2 fully saturated rings.